The van der Waals surface area contributed by atoms with Gasteiger partial charge in [0, 0.05) is 11.1 Å². The van der Waals surface area contributed by atoms with Gasteiger partial charge in [-0.25, -0.2) is 0 Å². The van der Waals surface area contributed by atoms with Gasteiger partial charge >= 0.3 is 0 Å². The molecular formula is C16H15N3O2. The Morgan fingerprint density at radius 1 is 1.05 bits per heavy atom. The third-order valence-corrected chi connectivity index (χ3v) is 3.16. The highest BCUT2D eigenvalue weighted by atomic mass is 16.5. The molecule has 1 aromatic heterocycles. The monoisotopic (exact) mass is 281 g/mol. The number of aromatic nitrogens is 2. The molecule has 0 spiro atoms. The van der Waals surface area contributed by atoms with E-state index in [1.807, 2.05) is 24.3 Å². The predicted molar refractivity (Wildman–Crippen MR) is 79.6 cm³/mol. The van der Waals surface area contributed by atoms with Crippen molar-refractivity contribution in [3.05, 3.63) is 54.1 Å². The average Bonchev–Trinajstić information content (AvgIpc) is 2.98. The van der Waals surface area contributed by atoms with Gasteiger partial charge in [0.05, 0.1) is 0 Å². The summed E-state index contributed by atoms with van der Waals surface area (Å²) in [5.74, 6) is 1.17. The lowest BCUT2D eigenvalue weighted by atomic mass is 10.1. The fourth-order valence-electron chi connectivity index (χ4n) is 2.10. The highest BCUT2D eigenvalue weighted by Crippen LogP contribution is 2.24. The Morgan fingerprint density at radius 2 is 1.86 bits per heavy atom. The molecule has 0 unspecified atom stereocenters. The van der Waals surface area contributed by atoms with Gasteiger partial charge in [-0.05, 0) is 54.9 Å². The van der Waals surface area contributed by atoms with Crippen LogP contribution in [0.3, 0.4) is 0 Å². The quantitative estimate of drug-likeness (QED) is 0.767. The van der Waals surface area contributed by atoms with Gasteiger partial charge in [0.1, 0.15) is 5.75 Å². The summed E-state index contributed by atoms with van der Waals surface area (Å²) >= 11 is 0. The first kappa shape index (κ1) is 13.3. The Labute approximate surface area is 122 Å². The van der Waals surface area contributed by atoms with E-state index in [1.54, 1.807) is 24.3 Å². The van der Waals surface area contributed by atoms with E-state index in [1.165, 1.54) is 0 Å². The van der Waals surface area contributed by atoms with Gasteiger partial charge in [0.15, 0.2) is 0 Å². The summed E-state index contributed by atoms with van der Waals surface area (Å²) < 4.78 is 5.31. The maximum atomic E-state index is 9.29. The number of benzene rings is 2. The number of hydrogen-bond donors (Lipinski definition) is 2. The smallest absolute Gasteiger partial charge is 0.258 e. The van der Waals surface area contributed by atoms with Crippen molar-refractivity contribution in [3.63, 3.8) is 0 Å². The van der Waals surface area contributed by atoms with Crippen molar-refractivity contribution in [1.82, 2.24) is 10.1 Å². The minimum Gasteiger partial charge on any atom is -0.508 e. The van der Waals surface area contributed by atoms with Crippen molar-refractivity contribution in [2.45, 2.75) is 6.42 Å². The second kappa shape index (κ2) is 5.76. The van der Waals surface area contributed by atoms with E-state index in [-0.39, 0.29) is 5.75 Å². The summed E-state index contributed by atoms with van der Waals surface area (Å²) in [6, 6.07) is 14.6. The van der Waals surface area contributed by atoms with Crippen molar-refractivity contribution in [3.8, 4) is 28.6 Å². The Bertz CT molecular complexity index is 735. The van der Waals surface area contributed by atoms with Crippen LogP contribution in [-0.4, -0.2) is 21.8 Å². The van der Waals surface area contributed by atoms with Crippen LogP contribution in [0.15, 0.2) is 53.1 Å². The molecule has 5 heteroatoms. The topological polar surface area (TPSA) is 85.2 Å². The maximum Gasteiger partial charge on any atom is 0.258 e. The first-order chi connectivity index (χ1) is 10.3. The molecule has 0 fully saturated rings. The summed E-state index contributed by atoms with van der Waals surface area (Å²) in [6.07, 6.45) is 0.812. The lowest BCUT2D eigenvalue weighted by molar-refractivity contribution is 0.432. The highest BCUT2D eigenvalue weighted by molar-refractivity contribution is 5.60. The van der Waals surface area contributed by atoms with Crippen molar-refractivity contribution in [1.29, 1.82) is 0 Å². The van der Waals surface area contributed by atoms with Crippen molar-refractivity contribution >= 4 is 0 Å². The zero-order chi connectivity index (χ0) is 14.7. The van der Waals surface area contributed by atoms with Crippen LogP contribution in [0.4, 0.5) is 0 Å². The summed E-state index contributed by atoms with van der Waals surface area (Å²) in [4.78, 5) is 4.39. The van der Waals surface area contributed by atoms with Crippen LogP contribution >= 0.6 is 0 Å². The van der Waals surface area contributed by atoms with E-state index in [2.05, 4.69) is 10.1 Å². The van der Waals surface area contributed by atoms with E-state index in [0.717, 1.165) is 23.1 Å². The lowest BCUT2D eigenvalue weighted by Crippen LogP contribution is -2.02. The minimum atomic E-state index is 0.206. The van der Waals surface area contributed by atoms with Crippen LogP contribution in [0.2, 0.25) is 0 Å². The summed E-state index contributed by atoms with van der Waals surface area (Å²) in [5, 5.41) is 13.3. The molecule has 5 nitrogen and oxygen atoms in total. The Kier molecular flexibility index (Phi) is 3.66. The van der Waals surface area contributed by atoms with Crippen LogP contribution in [0.5, 0.6) is 5.75 Å². The van der Waals surface area contributed by atoms with Gasteiger partial charge in [0.25, 0.3) is 5.89 Å². The molecule has 21 heavy (non-hydrogen) atoms. The second-order valence-corrected chi connectivity index (χ2v) is 4.71. The van der Waals surface area contributed by atoms with Crippen molar-refractivity contribution in [2.24, 2.45) is 5.73 Å². The van der Waals surface area contributed by atoms with Gasteiger partial charge < -0.3 is 15.4 Å². The molecule has 3 aromatic rings. The van der Waals surface area contributed by atoms with E-state index in [9.17, 15) is 5.11 Å². The molecule has 0 saturated heterocycles. The summed E-state index contributed by atoms with van der Waals surface area (Å²) in [7, 11) is 0. The standard InChI is InChI=1S/C16H15N3O2/c17-9-8-11-2-1-3-13(10-11)16-18-15(19-21-16)12-4-6-14(20)7-5-12/h1-7,10,20H,8-9,17H2. The summed E-state index contributed by atoms with van der Waals surface area (Å²) in [6.45, 7) is 0.603. The van der Waals surface area contributed by atoms with Gasteiger partial charge in [0.2, 0.25) is 5.82 Å². The first-order valence-corrected chi connectivity index (χ1v) is 6.69. The van der Waals surface area contributed by atoms with Gasteiger partial charge in [-0.2, -0.15) is 4.98 Å². The molecule has 1 heterocycles. The zero-order valence-electron chi connectivity index (χ0n) is 11.4. The van der Waals surface area contributed by atoms with E-state index in [4.69, 9.17) is 10.3 Å². The average molecular weight is 281 g/mol. The van der Waals surface area contributed by atoms with Crippen LogP contribution in [0.25, 0.3) is 22.8 Å². The Hall–Kier alpha value is -2.66. The normalized spacial score (nSPS) is 10.7. The summed E-state index contributed by atoms with van der Waals surface area (Å²) in [5.41, 5.74) is 8.37. The molecule has 0 aliphatic rings. The Balaban J connectivity index is 1.91. The van der Waals surface area contributed by atoms with Crippen molar-refractivity contribution < 1.29 is 9.63 Å². The highest BCUT2D eigenvalue weighted by Gasteiger charge is 2.10. The number of phenols is 1. The van der Waals surface area contributed by atoms with Crippen LogP contribution in [0.1, 0.15) is 5.56 Å². The molecule has 2 aromatic carbocycles. The molecular weight excluding hydrogens is 266 g/mol. The number of rotatable bonds is 4. The fourth-order valence-corrected chi connectivity index (χ4v) is 2.10. The number of hydrogen-bond acceptors (Lipinski definition) is 5. The van der Waals surface area contributed by atoms with Gasteiger partial charge in [-0.15, -0.1) is 0 Å². The molecule has 0 aliphatic heterocycles. The van der Waals surface area contributed by atoms with Crippen LogP contribution in [-0.2, 0) is 6.42 Å². The molecule has 0 atom stereocenters. The molecule has 106 valence electrons. The zero-order valence-corrected chi connectivity index (χ0v) is 11.4. The number of nitrogens with two attached hydrogens (primary N) is 1. The van der Waals surface area contributed by atoms with E-state index < -0.39 is 0 Å². The molecule has 0 radical (unpaired) electrons. The van der Waals surface area contributed by atoms with Crippen molar-refractivity contribution in [2.75, 3.05) is 6.54 Å². The third kappa shape index (κ3) is 2.93. The minimum absolute atomic E-state index is 0.206. The maximum absolute atomic E-state index is 9.29. The molecule has 3 N–H and O–H groups in total. The largest absolute Gasteiger partial charge is 0.508 e. The number of nitrogens with zero attached hydrogens (tertiary/aromatic N) is 2. The molecule has 0 aliphatic carbocycles. The predicted octanol–water partition coefficient (Wildman–Crippen LogP) is 2.61. The third-order valence-electron chi connectivity index (χ3n) is 3.16. The number of aromatic hydroxyl groups is 1. The fraction of sp³-hybridized carbons (Fsp3) is 0.125. The van der Waals surface area contributed by atoms with Gasteiger partial charge in [-0.1, -0.05) is 17.3 Å². The SMILES string of the molecule is NCCc1cccc(-c2nc(-c3ccc(O)cc3)no2)c1. The van der Waals surface area contributed by atoms with Crippen LogP contribution in [0, 0.1) is 0 Å². The second-order valence-electron chi connectivity index (χ2n) is 4.71. The Morgan fingerprint density at radius 3 is 2.62 bits per heavy atom. The molecule has 0 amide bonds. The van der Waals surface area contributed by atoms with E-state index in [0.29, 0.717) is 18.3 Å². The number of phenolic OH excluding ortho intramolecular Hbond substituents is 1. The first-order valence-electron chi connectivity index (χ1n) is 6.69. The molecule has 0 bridgehead atoms. The van der Waals surface area contributed by atoms with E-state index >= 15 is 0 Å². The molecule has 0 saturated carbocycles. The lowest BCUT2D eigenvalue weighted by Gasteiger charge is -2.00. The molecule has 3 rings (SSSR count). The van der Waals surface area contributed by atoms with Crippen LogP contribution < -0.4 is 5.73 Å². The van der Waals surface area contributed by atoms with Gasteiger partial charge in [-0.3, -0.25) is 0 Å².